The van der Waals surface area contributed by atoms with Crippen molar-refractivity contribution in [3.05, 3.63) is 34.3 Å². The van der Waals surface area contributed by atoms with Gasteiger partial charge in [-0.2, -0.15) is 0 Å². The van der Waals surface area contributed by atoms with Crippen LogP contribution in [0.2, 0.25) is 5.02 Å². The molecule has 1 aliphatic carbocycles. The topological polar surface area (TPSA) is 37.3 Å². The highest BCUT2D eigenvalue weighted by molar-refractivity contribution is 6.31. The van der Waals surface area contributed by atoms with Crippen LogP contribution < -0.4 is 0 Å². The lowest BCUT2D eigenvalue weighted by atomic mass is 9.77. The van der Waals surface area contributed by atoms with Crippen molar-refractivity contribution in [2.75, 3.05) is 0 Å². The lowest BCUT2D eigenvalue weighted by Gasteiger charge is -2.26. The molecule has 0 bridgehead atoms. The van der Waals surface area contributed by atoms with Crippen LogP contribution in [0.15, 0.2) is 18.2 Å². The van der Waals surface area contributed by atoms with Gasteiger partial charge in [-0.15, -0.1) is 0 Å². The molecule has 1 saturated carbocycles. The number of halogens is 2. The summed E-state index contributed by atoms with van der Waals surface area (Å²) < 4.78 is 13.1. The first kappa shape index (κ1) is 12.4. The third-order valence-corrected chi connectivity index (χ3v) is 3.99. The number of benzene rings is 1. The van der Waals surface area contributed by atoms with Gasteiger partial charge in [0.1, 0.15) is 6.67 Å². The zero-order valence-electron chi connectivity index (χ0n) is 9.38. The minimum atomic E-state index is -0.938. The maximum atomic E-state index is 13.1. The van der Waals surface area contributed by atoms with Crippen LogP contribution in [0.3, 0.4) is 0 Å². The highest BCUT2D eigenvalue weighted by atomic mass is 35.5. The van der Waals surface area contributed by atoms with Crippen molar-refractivity contribution in [1.82, 2.24) is 0 Å². The highest BCUT2D eigenvalue weighted by Crippen LogP contribution is 2.44. The molecule has 4 heteroatoms. The average Bonchev–Trinajstić information content (AvgIpc) is 2.78. The van der Waals surface area contributed by atoms with Gasteiger partial charge in [0, 0.05) is 10.6 Å². The van der Waals surface area contributed by atoms with Gasteiger partial charge in [0.25, 0.3) is 0 Å². The van der Waals surface area contributed by atoms with Crippen molar-refractivity contribution in [3.8, 4) is 0 Å². The molecule has 1 aromatic rings. The normalized spacial score (nSPS) is 18.2. The number of hydrogen-bond donors (Lipinski definition) is 1. The van der Waals surface area contributed by atoms with E-state index in [9.17, 15) is 14.3 Å². The van der Waals surface area contributed by atoms with E-state index in [1.807, 2.05) is 0 Å². The van der Waals surface area contributed by atoms with Gasteiger partial charge in [-0.25, -0.2) is 4.39 Å². The van der Waals surface area contributed by atoms with Crippen molar-refractivity contribution in [2.24, 2.45) is 0 Å². The zero-order valence-corrected chi connectivity index (χ0v) is 10.1. The lowest BCUT2D eigenvalue weighted by molar-refractivity contribution is -0.143. The van der Waals surface area contributed by atoms with Gasteiger partial charge >= 0.3 is 5.97 Å². The van der Waals surface area contributed by atoms with E-state index in [-0.39, 0.29) is 0 Å². The van der Waals surface area contributed by atoms with E-state index in [0.29, 0.717) is 29.0 Å². The molecule has 1 aromatic carbocycles. The number of carboxylic acid groups (broad SMARTS) is 1. The van der Waals surface area contributed by atoms with Crippen molar-refractivity contribution in [2.45, 2.75) is 37.8 Å². The summed E-state index contributed by atoms with van der Waals surface area (Å²) in [5.41, 5.74) is -0.0530. The Morgan fingerprint density at radius 1 is 1.41 bits per heavy atom. The Kier molecular flexibility index (Phi) is 3.38. The number of hydrogen-bond acceptors (Lipinski definition) is 1. The summed E-state index contributed by atoms with van der Waals surface area (Å²) in [5.74, 6) is -0.869. The summed E-state index contributed by atoms with van der Waals surface area (Å²) in [6.07, 6.45) is 2.86. The van der Waals surface area contributed by atoms with Crippen molar-refractivity contribution >= 4 is 17.6 Å². The molecule has 0 atom stereocenters. The quantitative estimate of drug-likeness (QED) is 0.895. The maximum absolute atomic E-state index is 13.1. The standard InChI is InChI=1S/C13H14ClFO2/c14-11-5-3-4-10(9(11)8-15)13(12(16)17)6-1-2-7-13/h3-5H,1-2,6-8H2,(H,16,17). The average molecular weight is 257 g/mol. The molecular weight excluding hydrogens is 243 g/mol. The largest absolute Gasteiger partial charge is 0.481 e. The van der Waals surface area contributed by atoms with Crippen LogP contribution in [0.4, 0.5) is 4.39 Å². The molecule has 1 fully saturated rings. The Morgan fingerprint density at radius 3 is 2.59 bits per heavy atom. The molecule has 17 heavy (non-hydrogen) atoms. The molecule has 0 aliphatic heterocycles. The van der Waals surface area contributed by atoms with Gasteiger partial charge in [0.05, 0.1) is 5.41 Å². The van der Waals surface area contributed by atoms with E-state index in [1.54, 1.807) is 18.2 Å². The Balaban J connectivity index is 2.58. The minimum Gasteiger partial charge on any atom is -0.481 e. The lowest BCUT2D eigenvalue weighted by Crippen LogP contribution is -2.33. The third-order valence-electron chi connectivity index (χ3n) is 3.63. The Hall–Kier alpha value is -1.09. The summed E-state index contributed by atoms with van der Waals surface area (Å²) in [6.45, 7) is -0.718. The first-order valence-electron chi connectivity index (χ1n) is 5.69. The fraction of sp³-hybridized carbons (Fsp3) is 0.462. The van der Waals surface area contributed by atoms with Crippen molar-refractivity contribution < 1.29 is 14.3 Å². The number of carboxylic acids is 1. The van der Waals surface area contributed by atoms with E-state index in [1.165, 1.54) is 0 Å². The van der Waals surface area contributed by atoms with Crippen LogP contribution in [0, 0.1) is 0 Å². The van der Waals surface area contributed by atoms with E-state index in [2.05, 4.69) is 0 Å². The molecule has 92 valence electrons. The predicted octanol–water partition coefficient (Wildman–Crippen LogP) is 3.71. The molecule has 0 unspecified atom stereocenters. The van der Waals surface area contributed by atoms with E-state index in [0.717, 1.165) is 12.8 Å². The van der Waals surface area contributed by atoms with Gasteiger partial charge < -0.3 is 5.11 Å². The molecule has 0 heterocycles. The zero-order chi connectivity index (χ0) is 12.5. The number of rotatable bonds is 3. The fourth-order valence-electron chi connectivity index (χ4n) is 2.72. The molecule has 2 rings (SSSR count). The third kappa shape index (κ3) is 1.93. The molecular formula is C13H14ClFO2. The van der Waals surface area contributed by atoms with E-state index in [4.69, 9.17) is 11.6 Å². The fourth-order valence-corrected chi connectivity index (χ4v) is 2.94. The summed E-state index contributed by atoms with van der Waals surface area (Å²) in [6, 6.07) is 4.99. The predicted molar refractivity (Wildman–Crippen MR) is 64.0 cm³/mol. The second-order valence-electron chi connectivity index (χ2n) is 4.49. The molecule has 0 radical (unpaired) electrons. The van der Waals surface area contributed by atoms with Gasteiger partial charge in [0.2, 0.25) is 0 Å². The number of carbonyl (C=O) groups is 1. The van der Waals surface area contributed by atoms with E-state index >= 15 is 0 Å². The van der Waals surface area contributed by atoms with Crippen LogP contribution >= 0.6 is 11.6 Å². The second kappa shape index (κ2) is 4.65. The maximum Gasteiger partial charge on any atom is 0.314 e. The summed E-state index contributed by atoms with van der Waals surface area (Å²) in [7, 11) is 0. The minimum absolute atomic E-state index is 0.317. The van der Waals surface area contributed by atoms with Gasteiger partial charge in [-0.05, 0) is 24.5 Å². The molecule has 0 aromatic heterocycles. The van der Waals surface area contributed by atoms with Crippen LogP contribution in [0.1, 0.15) is 36.8 Å². The smallest absolute Gasteiger partial charge is 0.314 e. The van der Waals surface area contributed by atoms with Crippen LogP contribution in [-0.4, -0.2) is 11.1 Å². The molecule has 1 N–H and O–H groups in total. The van der Waals surface area contributed by atoms with Crippen LogP contribution in [-0.2, 0) is 16.9 Å². The highest BCUT2D eigenvalue weighted by Gasteiger charge is 2.44. The number of aliphatic carboxylic acids is 1. The molecule has 2 nitrogen and oxygen atoms in total. The molecule has 0 amide bonds. The van der Waals surface area contributed by atoms with E-state index < -0.39 is 18.1 Å². The van der Waals surface area contributed by atoms with Gasteiger partial charge in [0.15, 0.2) is 0 Å². The van der Waals surface area contributed by atoms with Crippen molar-refractivity contribution in [1.29, 1.82) is 0 Å². The molecule has 1 aliphatic rings. The number of alkyl halides is 1. The van der Waals surface area contributed by atoms with Crippen LogP contribution in [0.5, 0.6) is 0 Å². The Labute approximate surface area is 104 Å². The first-order valence-corrected chi connectivity index (χ1v) is 6.07. The molecule has 0 spiro atoms. The van der Waals surface area contributed by atoms with Gasteiger partial charge in [-0.3, -0.25) is 4.79 Å². The Morgan fingerprint density at radius 2 is 2.06 bits per heavy atom. The van der Waals surface area contributed by atoms with Crippen molar-refractivity contribution in [3.63, 3.8) is 0 Å². The van der Waals surface area contributed by atoms with Crippen LogP contribution in [0.25, 0.3) is 0 Å². The molecule has 0 saturated heterocycles. The summed E-state index contributed by atoms with van der Waals surface area (Å²) in [4.78, 5) is 11.5. The van der Waals surface area contributed by atoms with Gasteiger partial charge in [-0.1, -0.05) is 36.6 Å². The monoisotopic (exact) mass is 256 g/mol. The first-order chi connectivity index (χ1) is 8.12. The Bertz CT molecular complexity index is 439. The summed E-state index contributed by atoms with van der Waals surface area (Å²) >= 11 is 5.94. The SMILES string of the molecule is O=C(O)C1(c2cccc(Cl)c2CF)CCCC1. The second-order valence-corrected chi connectivity index (χ2v) is 4.90. The summed E-state index contributed by atoms with van der Waals surface area (Å²) in [5, 5.41) is 9.78.